The standard InChI is InChI=1S/C15H19ClO4/c16-12-1-2-14(11(7-12)9-17)20-13-3-5-19-15(8-13)4-6-18-10-15/h1-2,7,13,17H,3-6,8-10H2. The van der Waals surface area contributed by atoms with E-state index in [2.05, 4.69) is 0 Å². The van der Waals surface area contributed by atoms with Crippen molar-refractivity contribution in [1.82, 2.24) is 0 Å². The summed E-state index contributed by atoms with van der Waals surface area (Å²) in [4.78, 5) is 0. The second kappa shape index (κ2) is 5.90. The summed E-state index contributed by atoms with van der Waals surface area (Å²) in [6, 6.07) is 5.34. The number of hydrogen-bond donors (Lipinski definition) is 1. The molecule has 2 unspecified atom stereocenters. The molecule has 5 heteroatoms. The largest absolute Gasteiger partial charge is 0.490 e. The first kappa shape index (κ1) is 14.1. The van der Waals surface area contributed by atoms with Crippen molar-refractivity contribution >= 4 is 11.6 Å². The third-order valence-electron chi connectivity index (χ3n) is 4.00. The van der Waals surface area contributed by atoms with Crippen molar-refractivity contribution in [3.05, 3.63) is 28.8 Å². The van der Waals surface area contributed by atoms with Crippen molar-refractivity contribution in [2.45, 2.75) is 37.6 Å². The van der Waals surface area contributed by atoms with Gasteiger partial charge in [0.25, 0.3) is 0 Å². The minimum absolute atomic E-state index is 0.0760. The SMILES string of the molecule is OCc1cc(Cl)ccc1OC1CCOC2(CCOC2)C1. The Morgan fingerprint density at radius 1 is 1.40 bits per heavy atom. The average Bonchev–Trinajstić information content (AvgIpc) is 2.89. The Morgan fingerprint density at radius 3 is 3.05 bits per heavy atom. The molecular formula is C15H19ClO4. The summed E-state index contributed by atoms with van der Waals surface area (Å²) in [6.45, 7) is 2.03. The van der Waals surface area contributed by atoms with Crippen LogP contribution in [0.3, 0.4) is 0 Å². The Morgan fingerprint density at radius 2 is 2.30 bits per heavy atom. The van der Waals surface area contributed by atoms with Gasteiger partial charge in [-0.1, -0.05) is 11.6 Å². The lowest BCUT2D eigenvalue weighted by Crippen LogP contribution is -2.44. The minimum Gasteiger partial charge on any atom is -0.490 e. The number of ether oxygens (including phenoxy) is 3. The maximum Gasteiger partial charge on any atom is 0.125 e. The van der Waals surface area contributed by atoms with Crippen LogP contribution in [0.5, 0.6) is 5.75 Å². The molecule has 1 aromatic rings. The molecule has 2 fully saturated rings. The average molecular weight is 299 g/mol. The van der Waals surface area contributed by atoms with Gasteiger partial charge in [-0.05, 0) is 18.2 Å². The quantitative estimate of drug-likeness (QED) is 0.931. The van der Waals surface area contributed by atoms with Crippen LogP contribution in [-0.2, 0) is 16.1 Å². The van der Waals surface area contributed by atoms with E-state index >= 15 is 0 Å². The molecule has 2 saturated heterocycles. The molecule has 3 rings (SSSR count). The molecule has 2 aliphatic heterocycles. The van der Waals surface area contributed by atoms with Gasteiger partial charge < -0.3 is 19.3 Å². The second-order valence-electron chi connectivity index (χ2n) is 5.48. The molecule has 2 heterocycles. The molecule has 1 spiro atoms. The van der Waals surface area contributed by atoms with Crippen molar-refractivity contribution in [2.24, 2.45) is 0 Å². The number of halogens is 1. The van der Waals surface area contributed by atoms with Gasteiger partial charge in [-0.15, -0.1) is 0 Å². The molecule has 0 amide bonds. The first-order chi connectivity index (χ1) is 9.71. The lowest BCUT2D eigenvalue weighted by atomic mass is 9.91. The minimum atomic E-state index is -0.172. The summed E-state index contributed by atoms with van der Waals surface area (Å²) < 4.78 is 17.4. The fourth-order valence-corrected chi connectivity index (χ4v) is 3.11. The highest BCUT2D eigenvalue weighted by molar-refractivity contribution is 6.30. The molecule has 4 nitrogen and oxygen atoms in total. The molecule has 1 aromatic carbocycles. The van der Waals surface area contributed by atoms with Gasteiger partial charge in [-0.25, -0.2) is 0 Å². The maximum atomic E-state index is 9.39. The Bertz CT molecular complexity index is 471. The molecule has 110 valence electrons. The van der Waals surface area contributed by atoms with E-state index in [4.69, 9.17) is 25.8 Å². The number of rotatable bonds is 3. The second-order valence-corrected chi connectivity index (χ2v) is 5.91. The monoisotopic (exact) mass is 298 g/mol. The number of benzene rings is 1. The molecule has 0 aliphatic carbocycles. The molecule has 0 bridgehead atoms. The maximum absolute atomic E-state index is 9.39. The van der Waals surface area contributed by atoms with E-state index in [9.17, 15) is 5.11 Å². The van der Waals surface area contributed by atoms with E-state index in [1.807, 2.05) is 6.07 Å². The summed E-state index contributed by atoms with van der Waals surface area (Å²) in [6.07, 6.45) is 2.72. The fraction of sp³-hybridized carbons (Fsp3) is 0.600. The number of hydrogen-bond acceptors (Lipinski definition) is 4. The molecule has 0 saturated carbocycles. The van der Waals surface area contributed by atoms with E-state index in [1.165, 1.54) is 0 Å². The van der Waals surface area contributed by atoms with Crippen molar-refractivity contribution in [3.63, 3.8) is 0 Å². The van der Waals surface area contributed by atoms with E-state index in [1.54, 1.807) is 12.1 Å². The van der Waals surface area contributed by atoms with Crippen LogP contribution in [0.25, 0.3) is 0 Å². The van der Waals surface area contributed by atoms with Crippen molar-refractivity contribution in [3.8, 4) is 5.75 Å². The van der Waals surface area contributed by atoms with Gasteiger partial charge in [0, 0.05) is 36.5 Å². The van der Waals surface area contributed by atoms with Crippen molar-refractivity contribution in [1.29, 1.82) is 0 Å². The highest BCUT2D eigenvalue weighted by Crippen LogP contribution is 2.35. The summed E-state index contributed by atoms with van der Waals surface area (Å²) in [5, 5.41) is 10.00. The van der Waals surface area contributed by atoms with Gasteiger partial charge in [0.2, 0.25) is 0 Å². The summed E-state index contributed by atoms with van der Waals surface area (Å²) in [5.41, 5.74) is 0.551. The van der Waals surface area contributed by atoms with Crippen molar-refractivity contribution in [2.75, 3.05) is 19.8 Å². The predicted molar refractivity (Wildman–Crippen MR) is 75.1 cm³/mol. The van der Waals surface area contributed by atoms with Crippen LogP contribution in [-0.4, -0.2) is 36.6 Å². The topological polar surface area (TPSA) is 47.9 Å². The van der Waals surface area contributed by atoms with Crippen LogP contribution in [0.4, 0.5) is 0 Å². The van der Waals surface area contributed by atoms with Crippen LogP contribution in [0.15, 0.2) is 18.2 Å². The van der Waals surface area contributed by atoms with Gasteiger partial charge in [0.1, 0.15) is 11.9 Å². The first-order valence-electron chi connectivity index (χ1n) is 6.98. The molecule has 20 heavy (non-hydrogen) atoms. The van der Waals surface area contributed by atoms with E-state index < -0.39 is 0 Å². The first-order valence-corrected chi connectivity index (χ1v) is 7.36. The van der Waals surface area contributed by atoms with Crippen LogP contribution in [0.2, 0.25) is 5.02 Å². The molecule has 2 atom stereocenters. The zero-order chi connectivity index (χ0) is 14.0. The predicted octanol–water partition coefficient (Wildman–Crippen LogP) is 2.55. The molecule has 0 aromatic heterocycles. The van der Waals surface area contributed by atoms with Gasteiger partial charge in [0.05, 0.1) is 25.4 Å². The van der Waals surface area contributed by atoms with Gasteiger partial charge in [-0.3, -0.25) is 0 Å². The van der Waals surface area contributed by atoms with Gasteiger partial charge in [0.15, 0.2) is 0 Å². The van der Waals surface area contributed by atoms with Gasteiger partial charge >= 0.3 is 0 Å². The Hall–Kier alpha value is -0.810. The van der Waals surface area contributed by atoms with Gasteiger partial charge in [-0.2, -0.15) is 0 Å². The van der Waals surface area contributed by atoms with Crippen LogP contribution >= 0.6 is 11.6 Å². The highest BCUT2D eigenvalue weighted by Gasteiger charge is 2.41. The zero-order valence-electron chi connectivity index (χ0n) is 11.3. The number of aliphatic hydroxyl groups excluding tert-OH is 1. The zero-order valence-corrected chi connectivity index (χ0v) is 12.1. The van der Waals surface area contributed by atoms with E-state index in [0.717, 1.165) is 31.4 Å². The van der Waals surface area contributed by atoms with Crippen LogP contribution in [0, 0.1) is 0 Å². The lowest BCUT2D eigenvalue weighted by molar-refractivity contribution is -0.112. The summed E-state index contributed by atoms with van der Waals surface area (Å²) >= 11 is 5.93. The van der Waals surface area contributed by atoms with Crippen LogP contribution < -0.4 is 4.74 Å². The summed E-state index contributed by atoms with van der Waals surface area (Å²) in [5.74, 6) is 0.706. The molecular weight excluding hydrogens is 280 g/mol. The Balaban J connectivity index is 1.71. The normalized spacial score (nSPS) is 29.8. The molecule has 1 N–H and O–H groups in total. The Kier molecular flexibility index (Phi) is 4.17. The van der Waals surface area contributed by atoms with Crippen LogP contribution in [0.1, 0.15) is 24.8 Å². The van der Waals surface area contributed by atoms with E-state index in [-0.39, 0.29) is 18.3 Å². The third-order valence-corrected chi connectivity index (χ3v) is 4.24. The lowest BCUT2D eigenvalue weighted by Gasteiger charge is -2.37. The molecule has 2 aliphatic rings. The molecule has 0 radical (unpaired) electrons. The Labute approximate surface area is 123 Å². The number of aliphatic hydroxyl groups is 1. The smallest absolute Gasteiger partial charge is 0.125 e. The highest BCUT2D eigenvalue weighted by atomic mass is 35.5. The third kappa shape index (κ3) is 2.93. The van der Waals surface area contributed by atoms with E-state index in [0.29, 0.717) is 24.0 Å². The van der Waals surface area contributed by atoms with Crippen molar-refractivity contribution < 1.29 is 19.3 Å². The summed E-state index contributed by atoms with van der Waals surface area (Å²) in [7, 11) is 0. The fourth-order valence-electron chi connectivity index (χ4n) is 2.91.